The van der Waals surface area contributed by atoms with Crippen LogP contribution in [0, 0.1) is 0 Å². The molecule has 1 heterocycles. The maximum Gasteiger partial charge on any atom is 0.228 e. The van der Waals surface area contributed by atoms with E-state index in [2.05, 4.69) is 26.2 Å². The maximum absolute atomic E-state index is 12.3. The minimum absolute atomic E-state index is 0.0756. The number of halogens is 1. The maximum atomic E-state index is 12.3. The average Bonchev–Trinajstić information content (AvgIpc) is 3.12. The Bertz CT molecular complexity index is 1140. The molecule has 0 saturated heterocycles. The highest BCUT2D eigenvalue weighted by Crippen LogP contribution is 2.32. The van der Waals surface area contributed by atoms with Gasteiger partial charge in [0.05, 0.1) is 18.0 Å². The molecule has 0 aliphatic carbocycles. The second kappa shape index (κ2) is 7.86. The zero-order valence-electron chi connectivity index (χ0n) is 15.1. The van der Waals surface area contributed by atoms with Crippen LogP contribution in [0.3, 0.4) is 0 Å². The van der Waals surface area contributed by atoms with Crippen molar-refractivity contribution in [2.75, 3.05) is 12.4 Å². The SMILES string of the molecule is COc1ccc(-c2nc3cc(NC(=O)Cc4ccccc4)ccc3o2)cc1Br. The number of hydrogen-bond donors (Lipinski definition) is 1. The summed E-state index contributed by atoms with van der Waals surface area (Å²) in [5, 5.41) is 2.91. The highest BCUT2D eigenvalue weighted by atomic mass is 79.9. The first-order valence-electron chi connectivity index (χ1n) is 8.70. The Morgan fingerprint density at radius 2 is 1.93 bits per heavy atom. The molecule has 140 valence electrons. The number of ether oxygens (including phenoxy) is 1. The van der Waals surface area contributed by atoms with E-state index in [1.54, 1.807) is 7.11 Å². The van der Waals surface area contributed by atoms with Crippen molar-refractivity contribution >= 4 is 38.6 Å². The van der Waals surface area contributed by atoms with Crippen LogP contribution in [0.1, 0.15) is 5.56 Å². The smallest absolute Gasteiger partial charge is 0.228 e. The van der Waals surface area contributed by atoms with Crippen molar-refractivity contribution in [3.05, 3.63) is 76.8 Å². The van der Waals surface area contributed by atoms with Crippen LogP contribution in [-0.4, -0.2) is 18.0 Å². The van der Waals surface area contributed by atoms with Gasteiger partial charge in [-0.1, -0.05) is 30.3 Å². The summed E-state index contributed by atoms with van der Waals surface area (Å²) >= 11 is 3.47. The molecule has 0 aliphatic rings. The summed E-state index contributed by atoms with van der Waals surface area (Å²) in [6, 6.07) is 20.7. The Morgan fingerprint density at radius 3 is 2.68 bits per heavy atom. The molecule has 0 spiro atoms. The van der Waals surface area contributed by atoms with Gasteiger partial charge in [0.2, 0.25) is 11.8 Å². The largest absolute Gasteiger partial charge is 0.496 e. The standard InChI is InChI=1S/C22H17BrN2O3/c1-27-19-9-7-15(12-17(19)23)22-25-18-13-16(8-10-20(18)28-22)24-21(26)11-14-5-3-2-4-6-14/h2-10,12-13H,11H2,1H3,(H,24,26). The summed E-state index contributed by atoms with van der Waals surface area (Å²) in [6.07, 6.45) is 0.322. The van der Waals surface area contributed by atoms with Gasteiger partial charge in [-0.2, -0.15) is 0 Å². The van der Waals surface area contributed by atoms with Crippen LogP contribution in [0.2, 0.25) is 0 Å². The van der Waals surface area contributed by atoms with Crippen molar-refractivity contribution in [1.82, 2.24) is 4.98 Å². The predicted octanol–water partition coefficient (Wildman–Crippen LogP) is 5.45. The van der Waals surface area contributed by atoms with Gasteiger partial charge in [-0.25, -0.2) is 4.98 Å². The van der Waals surface area contributed by atoms with Gasteiger partial charge in [-0.3, -0.25) is 4.79 Å². The third kappa shape index (κ3) is 3.92. The van der Waals surface area contributed by atoms with Crippen LogP contribution in [0.15, 0.2) is 75.6 Å². The fourth-order valence-corrected chi connectivity index (χ4v) is 3.46. The summed E-state index contributed by atoms with van der Waals surface area (Å²) in [7, 11) is 1.62. The molecule has 0 saturated carbocycles. The van der Waals surface area contributed by atoms with Gasteiger partial charge in [0.25, 0.3) is 0 Å². The highest BCUT2D eigenvalue weighted by Gasteiger charge is 2.12. The normalized spacial score (nSPS) is 10.8. The lowest BCUT2D eigenvalue weighted by Gasteiger charge is -2.04. The van der Waals surface area contributed by atoms with E-state index in [-0.39, 0.29) is 5.91 Å². The number of amides is 1. The topological polar surface area (TPSA) is 64.4 Å². The number of methoxy groups -OCH3 is 1. The number of nitrogens with zero attached hydrogens (tertiary/aromatic N) is 1. The molecule has 6 heteroatoms. The van der Waals surface area contributed by atoms with E-state index < -0.39 is 0 Å². The van der Waals surface area contributed by atoms with Crippen molar-refractivity contribution in [2.45, 2.75) is 6.42 Å². The molecule has 5 nitrogen and oxygen atoms in total. The van der Waals surface area contributed by atoms with Crippen molar-refractivity contribution in [2.24, 2.45) is 0 Å². The Hall–Kier alpha value is -3.12. The lowest BCUT2D eigenvalue weighted by Crippen LogP contribution is -2.14. The number of benzene rings is 3. The van der Waals surface area contributed by atoms with Crippen molar-refractivity contribution in [1.29, 1.82) is 0 Å². The quantitative estimate of drug-likeness (QED) is 0.451. The molecule has 0 aliphatic heterocycles. The summed E-state index contributed by atoms with van der Waals surface area (Å²) < 4.78 is 11.9. The third-order valence-electron chi connectivity index (χ3n) is 4.28. The molecule has 0 bridgehead atoms. The van der Waals surface area contributed by atoms with Gasteiger partial charge in [-0.15, -0.1) is 0 Å². The molecule has 28 heavy (non-hydrogen) atoms. The van der Waals surface area contributed by atoms with E-state index in [1.807, 2.05) is 66.7 Å². The number of carbonyl (C=O) groups is 1. The summed E-state index contributed by atoms with van der Waals surface area (Å²) in [5.74, 6) is 1.17. The second-order valence-electron chi connectivity index (χ2n) is 6.26. The van der Waals surface area contributed by atoms with Crippen molar-refractivity contribution in [3.63, 3.8) is 0 Å². The molecule has 0 radical (unpaired) electrons. The van der Waals surface area contributed by atoms with Crippen LogP contribution in [0.5, 0.6) is 5.75 Å². The van der Waals surface area contributed by atoms with Crippen molar-refractivity contribution in [3.8, 4) is 17.2 Å². The molecule has 1 amide bonds. The van der Waals surface area contributed by atoms with Gasteiger partial charge in [0.15, 0.2) is 5.58 Å². The van der Waals surface area contributed by atoms with E-state index in [9.17, 15) is 4.79 Å². The van der Waals surface area contributed by atoms with Gasteiger partial charge in [0, 0.05) is 11.3 Å². The summed E-state index contributed by atoms with van der Waals surface area (Å²) in [5.41, 5.74) is 3.82. The van der Waals surface area contributed by atoms with E-state index in [0.717, 1.165) is 21.3 Å². The van der Waals surface area contributed by atoms with Gasteiger partial charge < -0.3 is 14.5 Å². The highest BCUT2D eigenvalue weighted by molar-refractivity contribution is 9.10. The molecule has 4 aromatic rings. The number of fused-ring (bicyclic) bond motifs is 1. The lowest BCUT2D eigenvalue weighted by atomic mass is 10.1. The Labute approximate surface area is 170 Å². The number of hydrogen-bond acceptors (Lipinski definition) is 4. The van der Waals surface area contributed by atoms with E-state index in [0.29, 0.717) is 29.1 Å². The molecule has 3 aromatic carbocycles. The number of rotatable bonds is 5. The predicted molar refractivity (Wildman–Crippen MR) is 112 cm³/mol. The van der Waals surface area contributed by atoms with Gasteiger partial charge >= 0.3 is 0 Å². The van der Waals surface area contributed by atoms with Crippen LogP contribution in [-0.2, 0) is 11.2 Å². The van der Waals surface area contributed by atoms with Crippen LogP contribution < -0.4 is 10.1 Å². The minimum atomic E-state index is -0.0756. The zero-order chi connectivity index (χ0) is 19.5. The van der Waals surface area contributed by atoms with Crippen molar-refractivity contribution < 1.29 is 13.9 Å². The first kappa shape index (κ1) is 18.3. The van der Waals surface area contributed by atoms with Crippen LogP contribution in [0.4, 0.5) is 5.69 Å². The summed E-state index contributed by atoms with van der Waals surface area (Å²) in [4.78, 5) is 16.8. The molecule has 0 atom stereocenters. The molecular formula is C22H17BrN2O3. The fraction of sp³-hybridized carbons (Fsp3) is 0.0909. The number of carbonyl (C=O) groups excluding carboxylic acids is 1. The Kier molecular flexibility index (Phi) is 5.12. The molecule has 0 unspecified atom stereocenters. The van der Waals surface area contributed by atoms with Crippen LogP contribution >= 0.6 is 15.9 Å². The van der Waals surface area contributed by atoms with E-state index in [1.165, 1.54) is 0 Å². The molecule has 1 N–H and O–H groups in total. The monoisotopic (exact) mass is 436 g/mol. The second-order valence-corrected chi connectivity index (χ2v) is 7.12. The first-order chi connectivity index (χ1) is 13.6. The molecule has 4 rings (SSSR count). The number of anilines is 1. The van der Waals surface area contributed by atoms with Gasteiger partial charge in [-0.05, 0) is 57.9 Å². The Balaban J connectivity index is 1.55. The van der Waals surface area contributed by atoms with E-state index >= 15 is 0 Å². The Morgan fingerprint density at radius 1 is 1.11 bits per heavy atom. The number of aromatic nitrogens is 1. The van der Waals surface area contributed by atoms with Crippen LogP contribution in [0.25, 0.3) is 22.6 Å². The first-order valence-corrected chi connectivity index (χ1v) is 9.50. The average molecular weight is 437 g/mol. The minimum Gasteiger partial charge on any atom is -0.496 e. The molecule has 1 aromatic heterocycles. The lowest BCUT2D eigenvalue weighted by molar-refractivity contribution is -0.115. The van der Waals surface area contributed by atoms with Gasteiger partial charge in [0.1, 0.15) is 11.3 Å². The molecule has 0 fully saturated rings. The summed E-state index contributed by atoms with van der Waals surface area (Å²) in [6.45, 7) is 0. The zero-order valence-corrected chi connectivity index (χ0v) is 16.7. The third-order valence-corrected chi connectivity index (χ3v) is 4.90. The van der Waals surface area contributed by atoms with E-state index in [4.69, 9.17) is 9.15 Å². The number of oxazole rings is 1. The number of nitrogens with one attached hydrogen (secondary N) is 1. The fourth-order valence-electron chi connectivity index (χ4n) is 2.91. The molecular weight excluding hydrogens is 420 g/mol.